The summed E-state index contributed by atoms with van der Waals surface area (Å²) >= 11 is 0.970. The molecule has 9 heteroatoms. The molecule has 1 aromatic heterocycles. The first-order valence-electron chi connectivity index (χ1n) is 8.37. The predicted octanol–water partition coefficient (Wildman–Crippen LogP) is 3.79. The van der Waals surface area contributed by atoms with E-state index in [0.29, 0.717) is 23.5 Å². The molecule has 0 bridgehead atoms. The normalized spacial score (nSPS) is 29.2. The fraction of sp³-hybridized carbons (Fsp3) is 0.625. The lowest BCUT2D eigenvalue weighted by Crippen LogP contribution is -2.41. The second-order valence-corrected chi connectivity index (χ2v) is 9.70. The molecule has 2 fully saturated rings. The molecule has 2 unspecified atom stereocenters. The number of pyridine rings is 1. The zero-order valence-electron chi connectivity index (χ0n) is 13.8. The van der Waals surface area contributed by atoms with Gasteiger partial charge in [0.2, 0.25) is 11.8 Å². The Morgan fingerprint density at radius 1 is 1.48 bits per heavy atom. The Morgan fingerprint density at radius 3 is 3.04 bits per heavy atom. The third-order valence-corrected chi connectivity index (χ3v) is 8.15. The van der Waals surface area contributed by atoms with Gasteiger partial charge < -0.3 is 10.1 Å². The van der Waals surface area contributed by atoms with Gasteiger partial charge in [-0.1, -0.05) is 7.92 Å². The van der Waals surface area contributed by atoms with E-state index in [1.165, 1.54) is 6.20 Å². The largest absolute Gasteiger partial charge is 0.374 e. The van der Waals surface area contributed by atoms with Gasteiger partial charge in [-0.3, -0.25) is 9.93 Å². The number of hydrogen-bond donors (Lipinski definition) is 2. The second kappa shape index (κ2) is 8.25. The maximum absolute atomic E-state index is 14.0. The van der Waals surface area contributed by atoms with Crippen molar-refractivity contribution in [3.8, 4) is 0 Å². The molecule has 0 aromatic carbocycles. The Bertz CT molecular complexity index is 617. The third-order valence-electron chi connectivity index (χ3n) is 4.58. The summed E-state index contributed by atoms with van der Waals surface area (Å²) in [6.07, 6.45) is 4.28. The summed E-state index contributed by atoms with van der Waals surface area (Å²) in [5.74, 6) is -3.17. The Balaban J connectivity index is 1.75. The van der Waals surface area contributed by atoms with Gasteiger partial charge in [-0.25, -0.2) is 13.8 Å². The van der Waals surface area contributed by atoms with Crippen LogP contribution in [-0.2, 0) is 9.53 Å². The summed E-state index contributed by atoms with van der Waals surface area (Å²) in [4.78, 5) is 16.8. The van der Waals surface area contributed by atoms with Crippen molar-refractivity contribution in [2.45, 2.75) is 54.6 Å². The van der Waals surface area contributed by atoms with Gasteiger partial charge in [0.15, 0.2) is 0 Å². The van der Waals surface area contributed by atoms with Gasteiger partial charge in [0.1, 0.15) is 5.03 Å². The molecule has 0 radical (unpaired) electrons. The van der Waals surface area contributed by atoms with Gasteiger partial charge in [-0.15, -0.1) is 0 Å². The van der Waals surface area contributed by atoms with E-state index in [0.717, 1.165) is 31.2 Å². The quantitative estimate of drug-likeness (QED) is 0.605. The van der Waals surface area contributed by atoms with Crippen LogP contribution in [0, 0.1) is 0 Å². The smallest absolute Gasteiger partial charge is 0.249 e. The molecule has 3 N–H and O–H groups in total. The van der Waals surface area contributed by atoms with E-state index in [-0.39, 0.29) is 18.2 Å². The highest BCUT2D eigenvalue weighted by atomic mass is 32.2. The Morgan fingerprint density at radius 2 is 2.32 bits per heavy atom. The van der Waals surface area contributed by atoms with Crippen LogP contribution in [0.1, 0.15) is 32.1 Å². The molecule has 2 aliphatic rings. The molecular weight excluding hydrogens is 367 g/mol. The minimum atomic E-state index is -2.79. The zero-order chi connectivity index (χ0) is 17.9. The summed E-state index contributed by atoms with van der Waals surface area (Å²) in [6.45, 7) is 0.662. The van der Waals surface area contributed by atoms with Crippen LogP contribution in [0.15, 0.2) is 23.4 Å². The number of amides is 1. The minimum Gasteiger partial charge on any atom is -0.374 e. The number of hydrogen-bond acceptors (Lipinski definition) is 5. The highest BCUT2D eigenvalue weighted by Crippen LogP contribution is 2.57. The van der Waals surface area contributed by atoms with Crippen molar-refractivity contribution in [1.82, 2.24) is 4.98 Å². The van der Waals surface area contributed by atoms with Crippen LogP contribution in [-0.4, -0.2) is 41.1 Å². The maximum atomic E-state index is 14.0. The monoisotopic (exact) mass is 389 g/mol. The lowest BCUT2D eigenvalue weighted by atomic mass is 10.1. The molecule has 3 atom stereocenters. The summed E-state index contributed by atoms with van der Waals surface area (Å²) in [5, 5.41) is 8.81. The Labute approximate surface area is 151 Å². The second-order valence-electron chi connectivity index (χ2n) is 6.37. The molecule has 0 aliphatic carbocycles. The average Bonchev–Trinajstić information content (AvgIpc) is 2.62. The van der Waals surface area contributed by atoms with Crippen molar-refractivity contribution in [1.29, 1.82) is 0 Å². The molecule has 3 heterocycles. The number of nitrogens with one attached hydrogen (secondary N) is 1. The number of nitrogens with two attached hydrogens (primary N) is 1. The van der Waals surface area contributed by atoms with Gasteiger partial charge in [-0.05, 0) is 49.5 Å². The first-order chi connectivity index (χ1) is 12.0. The number of carbonyl (C=O) groups excluding carboxylic acids is 1. The van der Waals surface area contributed by atoms with E-state index in [2.05, 4.69) is 10.3 Å². The van der Waals surface area contributed by atoms with Crippen LogP contribution in [0.25, 0.3) is 0 Å². The van der Waals surface area contributed by atoms with Crippen molar-refractivity contribution in [3.05, 3.63) is 18.3 Å². The lowest BCUT2D eigenvalue weighted by Gasteiger charge is -2.40. The number of halogens is 2. The summed E-state index contributed by atoms with van der Waals surface area (Å²) in [6, 6.07) is 3.28. The van der Waals surface area contributed by atoms with Crippen molar-refractivity contribution >= 4 is 31.5 Å². The number of aromatic nitrogens is 1. The third kappa shape index (κ3) is 4.88. The fourth-order valence-corrected chi connectivity index (χ4v) is 6.88. The molecule has 5 nitrogen and oxygen atoms in total. The van der Waals surface area contributed by atoms with Crippen LogP contribution in [0.2, 0.25) is 0 Å². The molecular formula is C16H22F2N3O2PS. The van der Waals surface area contributed by atoms with E-state index in [1.807, 2.05) is 0 Å². The SMILES string of the molecule is NSc1cc(NC(=O)[C@@H]2CC(F)(F)CCP2C2CCCCO2)ccn1. The molecule has 1 aromatic rings. The number of rotatable bonds is 4. The highest BCUT2D eigenvalue weighted by Gasteiger charge is 2.47. The highest BCUT2D eigenvalue weighted by molar-refractivity contribution is 7.97. The minimum absolute atomic E-state index is 0.0387. The summed E-state index contributed by atoms with van der Waals surface area (Å²) in [5.41, 5.74) is -0.162. The molecule has 1 amide bonds. The standard InChI is InChI=1S/C16H22F2N3O2PS/c17-16(18)5-8-24(14-3-1-2-7-23-14)12(10-16)15(22)21-11-4-6-20-13(9-11)25-19/h4,6,9,12,14H,1-3,5,7-8,10,19H2,(H,20,21,22)/t12-,14?,24?/m0/s1. The number of alkyl halides is 2. The van der Waals surface area contributed by atoms with Gasteiger partial charge >= 0.3 is 0 Å². The van der Waals surface area contributed by atoms with Crippen molar-refractivity contribution < 1.29 is 18.3 Å². The van der Waals surface area contributed by atoms with Crippen LogP contribution >= 0.6 is 19.9 Å². The summed E-state index contributed by atoms with van der Waals surface area (Å²) in [7, 11) is -0.918. The Kier molecular flexibility index (Phi) is 6.25. The first-order valence-corrected chi connectivity index (χ1v) is 10.9. The van der Waals surface area contributed by atoms with Crippen LogP contribution in [0.5, 0.6) is 0 Å². The van der Waals surface area contributed by atoms with E-state index in [4.69, 9.17) is 9.88 Å². The molecule has 138 valence electrons. The van der Waals surface area contributed by atoms with E-state index < -0.39 is 25.9 Å². The molecule has 25 heavy (non-hydrogen) atoms. The molecule has 0 saturated carbocycles. The van der Waals surface area contributed by atoms with E-state index >= 15 is 0 Å². The average molecular weight is 389 g/mol. The van der Waals surface area contributed by atoms with Gasteiger partial charge in [0, 0.05) is 31.3 Å². The van der Waals surface area contributed by atoms with Gasteiger partial charge in [0.05, 0.1) is 11.5 Å². The van der Waals surface area contributed by atoms with Crippen LogP contribution in [0.4, 0.5) is 14.5 Å². The van der Waals surface area contributed by atoms with Crippen LogP contribution < -0.4 is 10.5 Å². The van der Waals surface area contributed by atoms with Crippen LogP contribution in [0.3, 0.4) is 0 Å². The van der Waals surface area contributed by atoms with Crippen molar-refractivity contribution in [2.75, 3.05) is 18.1 Å². The fourth-order valence-electron chi connectivity index (χ4n) is 3.30. The van der Waals surface area contributed by atoms with E-state index in [9.17, 15) is 13.6 Å². The zero-order valence-corrected chi connectivity index (χ0v) is 15.5. The number of carbonyl (C=O) groups is 1. The lowest BCUT2D eigenvalue weighted by molar-refractivity contribution is -0.118. The number of ether oxygens (including phenoxy) is 1. The molecule has 2 saturated heterocycles. The van der Waals surface area contributed by atoms with Crippen molar-refractivity contribution in [3.63, 3.8) is 0 Å². The Hall–Kier alpha value is -0.820. The summed E-state index contributed by atoms with van der Waals surface area (Å²) < 4.78 is 33.8. The predicted molar refractivity (Wildman–Crippen MR) is 96.3 cm³/mol. The number of anilines is 1. The first kappa shape index (κ1) is 19.0. The molecule has 0 spiro atoms. The topological polar surface area (TPSA) is 77.2 Å². The van der Waals surface area contributed by atoms with Gasteiger partial charge in [0.25, 0.3) is 0 Å². The molecule has 3 rings (SSSR count). The maximum Gasteiger partial charge on any atom is 0.249 e. The molecule has 2 aliphatic heterocycles. The number of nitrogens with zero attached hydrogens (tertiary/aromatic N) is 1. The van der Waals surface area contributed by atoms with Gasteiger partial charge in [-0.2, -0.15) is 0 Å². The van der Waals surface area contributed by atoms with E-state index in [1.54, 1.807) is 12.1 Å². The van der Waals surface area contributed by atoms with Crippen molar-refractivity contribution in [2.24, 2.45) is 5.14 Å².